The number of benzene rings is 1. The van der Waals surface area contributed by atoms with Crippen LogP contribution in [-0.4, -0.2) is 72.1 Å². The summed E-state index contributed by atoms with van der Waals surface area (Å²) in [6.45, 7) is 5.43. The summed E-state index contributed by atoms with van der Waals surface area (Å²) in [6.07, 6.45) is 1.59. The van der Waals surface area contributed by atoms with Crippen molar-refractivity contribution in [3.8, 4) is 0 Å². The summed E-state index contributed by atoms with van der Waals surface area (Å²) < 4.78 is 0. The van der Waals surface area contributed by atoms with Gasteiger partial charge in [0.05, 0.1) is 13.1 Å². The number of likely N-dealkylation sites (N-methyl/N-ethyl adjacent to an activating group) is 1. The quantitative estimate of drug-likeness (QED) is 0.659. The molecule has 3 amide bonds. The number of carbonyl (C=O) groups is 3. The van der Waals surface area contributed by atoms with E-state index in [1.165, 1.54) is 0 Å². The van der Waals surface area contributed by atoms with Gasteiger partial charge in [-0.3, -0.25) is 24.7 Å². The molecule has 0 unspecified atom stereocenters. The molecule has 3 N–H and O–H groups in total. The molecular formula is C19H29ClN4O4. The van der Waals surface area contributed by atoms with Crippen molar-refractivity contribution in [2.75, 3.05) is 38.5 Å². The summed E-state index contributed by atoms with van der Waals surface area (Å²) in [7, 11) is 1.80. The lowest BCUT2D eigenvalue weighted by molar-refractivity contribution is -0.138. The van der Waals surface area contributed by atoms with Crippen LogP contribution in [0.15, 0.2) is 18.2 Å². The third kappa shape index (κ3) is 7.10. The maximum absolute atomic E-state index is 12.1. The molecule has 1 aromatic carbocycles. The number of rotatable bonds is 6. The normalized spacial score (nSPS) is 15.0. The van der Waals surface area contributed by atoms with Gasteiger partial charge < -0.3 is 10.4 Å². The van der Waals surface area contributed by atoms with E-state index in [4.69, 9.17) is 5.11 Å². The van der Waals surface area contributed by atoms with Crippen LogP contribution in [0.4, 0.5) is 10.5 Å². The molecular weight excluding hydrogens is 384 g/mol. The molecule has 8 nitrogen and oxygen atoms in total. The van der Waals surface area contributed by atoms with Crippen LogP contribution >= 0.6 is 12.4 Å². The molecule has 0 bridgehead atoms. The summed E-state index contributed by atoms with van der Waals surface area (Å²) in [4.78, 5) is 38.8. The van der Waals surface area contributed by atoms with E-state index in [2.05, 4.69) is 10.6 Å². The Labute approximate surface area is 171 Å². The van der Waals surface area contributed by atoms with Crippen molar-refractivity contribution >= 4 is 36.0 Å². The zero-order valence-corrected chi connectivity index (χ0v) is 17.3. The second-order valence-corrected chi connectivity index (χ2v) is 7.07. The van der Waals surface area contributed by atoms with Gasteiger partial charge in [-0.15, -0.1) is 12.4 Å². The van der Waals surface area contributed by atoms with Gasteiger partial charge in [0.1, 0.15) is 0 Å². The minimum atomic E-state index is -0.839. The standard InChI is InChI=1S/C19H28N4O4.ClH/c1-13-5-4-6-16(14(13)2)20-19(27)21-17(24)11-23-9-7-15(8-10-23)22(3)12-18(25)26;/h4-6,15H,7-12H2,1-3H3,(H,25,26)(H2,20,21,24,27);1H. The Balaban J connectivity index is 0.00000392. The van der Waals surface area contributed by atoms with E-state index < -0.39 is 12.0 Å². The molecule has 9 heteroatoms. The number of amides is 3. The number of urea groups is 1. The van der Waals surface area contributed by atoms with Crippen LogP contribution in [-0.2, 0) is 9.59 Å². The molecule has 1 saturated heterocycles. The molecule has 2 rings (SSSR count). The number of aryl methyl sites for hydroxylation is 1. The van der Waals surface area contributed by atoms with Crippen LogP contribution in [0.2, 0.25) is 0 Å². The Kier molecular flexibility index (Phi) is 9.37. The van der Waals surface area contributed by atoms with E-state index in [0.29, 0.717) is 18.8 Å². The van der Waals surface area contributed by atoms with Crippen molar-refractivity contribution in [2.45, 2.75) is 32.7 Å². The summed E-state index contributed by atoms with van der Waals surface area (Å²) in [5, 5.41) is 13.9. The Hall–Kier alpha value is -2.16. The Morgan fingerprint density at radius 2 is 1.86 bits per heavy atom. The van der Waals surface area contributed by atoms with Crippen LogP contribution < -0.4 is 10.6 Å². The first-order valence-electron chi connectivity index (χ1n) is 9.07. The maximum Gasteiger partial charge on any atom is 0.325 e. The van der Waals surface area contributed by atoms with Crippen LogP contribution in [0, 0.1) is 13.8 Å². The van der Waals surface area contributed by atoms with Crippen LogP contribution in [0.1, 0.15) is 24.0 Å². The van der Waals surface area contributed by atoms with Crippen molar-refractivity contribution in [1.82, 2.24) is 15.1 Å². The molecule has 0 radical (unpaired) electrons. The molecule has 0 saturated carbocycles. The van der Waals surface area contributed by atoms with E-state index in [-0.39, 0.29) is 37.4 Å². The highest BCUT2D eigenvalue weighted by Crippen LogP contribution is 2.18. The number of carboxylic acids is 1. The van der Waals surface area contributed by atoms with Gasteiger partial charge in [0.2, 0.25) is 5.91 Å². The minimum absolute atomic E-state index is 0. The van der Waals surface area contributed by atoms with E-state index in [1.54, 1.807) is 13.1 Å². The van der Waals surface area contributed by atoms with Crippen molar-refractivity contribution < 1.29 is 19.5 Å². The number of imide groups is 1. The Bertz CT molecular complexity index is 705. The predicted octanol–water partition coefficient (Wildman–Crippen LogP) is 1.85. The third-order valence-electron chi connectivity index (χ3n) is 5.04. The van der Waals surface area contributed by atoms with Gasteiger partial charge in [-0.2, -0.15) is 0 Å². The number of halogens is 1. The second kappa shape index (κ2) is 11.0. The fourth-order valence-electron chi connectivity index (χ4n) is 3.27. The Morgan fingerprint density at radius 3 is 2.46 bits per heavy atom. The number of carboxylic acid groups (broad SMARTS) is 1. The number of piperidine rings is 1. The first kappa shape index (κ1) is 23.9. The molecule has 28 heavy (non-hydrogen) atoms. The number of carbonyl (C=O) groups excluding carboxylic acids is 2. The van der Waals surface area contributed by atoms with E-state index in [0.717, 1.165) is 24.0 Å². The molecule has 1 aliphatic heterocycles. The number of likely N-dealkylation sites (tertiary alicyclic amines) is 1. The van der Waals surface area contributed by atoms with Crippen molar-refractivity contribution in [3.05, 3.63) is 29.3 Å². The van der Waals surface area contributed by atoms with Crippen molar-refractivity contribution in [2.24, 2.45) is 0 Å². The average molecular weight is 413 g/mol. The molecule has 0 aromatic heterocycles. The number of hydrogen-bond acceptors (Lipinski definition) is 5. The summed E-state index contributed by atoms with van der Waals surface area (Å²) in [5.74, 6) is -1.19. The fourth-order valence-corrected chi connectivity index (χ4v) is 3.27. The number of aliphatic carboxylic acids is 1. The van der Waals surface area contributed by atoms with Gasteiger partial charge in [-0.25, -0.2) is 4.79 Å². The number of nitrogens with one attached hydrogen (secondary N) is 2. The predicted molar refractivity (Wildman–Crippen MR) is 110 cm³/mol. The number of anilines is 1. The zero-order valence-electron chi connectivity index (χ0n) is 16.5. The summed E-state index contributed by atoms with van der Waals surface area (Å²) >= 11 is 0. The highest BCUT2D eigenvalue weighted by molar-refractivity contribution is 6.02. The number of nitrogens with zero attached hydrogens (tertiary/aromatic N) is 2. The third-order valence-corrected chi connectivity index (χ3v) is 5.04. The molecule has 1 heterocycles. The largest absolute Gasteiger partial charge is 0.480 e. The number of hydrogen-bond donors (Lipinski definition) is 3. The van der Waals surface area contributed by atoms with Crippen LogP contribution in [0.5, 0.6) is 0 Å². The smallest absolute Gasteiger partial charge is 0.325 e. The van der Waals surface area contributed by atoms with E-state index in [1.807, 2.05) is 35.8 Å². The topological polar surface area (TPSA) is 102 Å². The molecule has 0 atom stereocenters. The fraction of sp³-hybridized carbons (Fsp3) is 0.526. The highest BCUT2D eigenvalue weighted by atomic mass is 35.5. The van der Waals surface area contributed by atoms with Gasteiger partial charge in [-0.1, -0.05) is 12.1 Å². The van der Waals surface area contributed by atoms with Crippen molar-refractivity contribution in [3.63, 3.8) is 0 Å². The SMILES string of the molecule is Cc1cccc(NC(=O)NC(=O)CN2CCC(N(C)CC(=O)O)CC2)c1C.Cl. The Morgan fingerprint density at radius 1 is 1.21 bits per heavy atom. The monoisotopic (exact) mass is 412 g/mol. The first-order chi connectivity index (χ1) is 12.8. The van der Waals surface area contributed by atoms with E-state index >= 15 is 0 Å². The van der Waals surface area contributed by atoms with Gasteiger partial charge in [0, 0.05) is 24.8 Å². The molecule has 1 fully saturated rings. The molecule has 156 valence electrons. The first-order valence-corrected chi connectivity index (χ1v) is 9.07. The van der Waals surface area contributed by atoms with Crippen molar-refractivity contribution in [1.29, 1.82) is 0 Å². The average Bonchev–Trinajstić information content (AvgIpc) is 2.58. The lowest BCUT2D eigenvalue weighted by Gasteiger charge is -2.35. The minimum Gasteiger partial charge on any atom is -0.480 e. The van der Waals surface area contributed by atoms with Gasteiger partial charge in [-0.05, 0) is 50.9 Å². The van der Waals surface area contributed by atoms with Crippen LogP contribution in [0.25, 0.3) is 0 Å². The lowest BCUT2D eigenvalue weighted by Crippen LogP contribution is -2.48. The van der Waals surface area contributed by atoms with Gasteiger partial charge in [0.15, 0.2) is 0 Å². The summed E-state index contributed by atoms with van der Waals surface area (Å²) in [5.41, 5.74) is 2.71. The molecule has 1 aliphatic rings. The maximum atomic E-state index is 12.1. The second-order valence-electron chi connectivity index (χ2n) is 7.07. The molecule has 0 aliphatic carbocycles. The van der Waals surface area contributed by atoms with E-state index in [9.17, 15) is 14.4 Å². The molecule has 1 aromatic rings. The highest BCUT2D eigenvalue weighted by Gasteiger charge is 2.25. The van der Waals surface area contributed by atoms with Gasteiger partial charge >= 0.3 is 12.0 Å². The summed E-state index contributed by atoms with van der Waals surface area (Å²) in [6, 6.07) is 5.27. The van der Waals surface area contributed by atoms with Gasteiger partial charge in [0.25, 0.3) is 0 Å². The molecule has 0 spiro atoms. The lowest BCUT2D eigenvalue weighted by atomic mass is 10.0. The zero-order chi connectivity index (χ0) is 20.0. The van der Waals surface area contributed by atoms with Crippen LogP contribution in [0.3, 0.4) is 0 Å².